The summed E-state index contributed by atoms with van der Waals surface area (Å²) in [6.07, 6.45) is 0. The third kappa shape index (κ3) is 1.41. The molecule has 0 aliphatic rings. The van der Waals surface area contributed by atoms with E-state index in [1.54, 1.807) is 19.1 Å². The van der Waals surface area contributed by atoms with Gasteiger partial charge in [-0.1, -0.05) is 5.16 Å². The molecule has 0 aliphatic heterocycles. The molecule has 15 heavy (non-hydrogen) atoms. The zero-order chi connectivity index (χ0) is 11.0. The Morgan fingerprint density at radius 2 is 2.27 bits per heavy atom. The molecule has 2 N–H and O–H groups in total. The van der Waals surface area contributed by atoms with Crippen molar-refractivity contribution in [2.24, 2.45) is 0 Å². The van der Waals surface area contributed by atoms with E-state index in [0.717, 1.165) is 5.56 Å². The molecule has 0 aliphatic carbocycles. The fraction of sp³-hybridized carbons (Fsp3) is 0.200. The van der Waals surface area contributed by atoms with Gasteiger partial charge in [0.2, 0.25) is 0 Å². The summed E-state index contributed by atoms with van der Waals surface area (Å²) in [5.74, 6) is -0.0751. The number of benzene rings is 1. The molecule has 5 heteroatoms. The lowest BCUT2D eigenvalue weighted by Crippen LogP contribution is -2.03. The van der Waals surface area contributed by atoms with Crippen LogP contribution in [0.15, 0.2) is 16.7 Å². The van der Waals surface area contributed by atoms with Gasteiger partial charge in [-0.05, 0) is 24.6 Å². The molecule has 1 aromatic heterocycles. The van der Waals surface area contributed by atoms with Crippen molar-refractivity contribution < 1.29 is 14.1 Å². The Balaban J connectivity index is 2.68. The average Bonchev–Trinajstić information content (AvgIpc) is 2.58. The molecular formula is C10H10N2O3. The molecule has 2 aromatic rings. The Labute approximate surface area is 85.8 Å². The summed E-state index contributed by atoms with van der Waals surface area (Å²) in [5, 5.41) is 4.32. The first-order chi connectivity index (χ1) is 7.13. The molecule has 0 saturated carbocycles. The van der Waals surface area contributed by atoms with Crippen molar-refractivity contribution in [3.8, 4) is 0 Å². The highest BCUT2D eigenvalue weighted by Crippen LogP contribution is 2.24. The summed E-state index contributed by atoms with van der Waals surface area (Å²) in [4.78, 5) is 11.4. The van der Waals surface area contributed by atoms with Crippen molar-refractivity contribution in [2.45, 2.75) is 6.92 Å². The number of hydrogen-bond acceptors (Lipinski definition) is 5. The fourth-order valence-electron chi connectivity index (χ4n) is 1.44. The molecule has 0 unspecified atom stereocenters. The summed E-state index contributed by atoms with van der Waals surface area (Å²) < 4.78 is 9.60. The van der Waals surface area contributed by atoms with Gasteiger partial charge in [-0.3, -0.25) is 0 Å². The molecule has 0 fully saturated rings. The highest BCUT2D eigenvalue weighted by molar-refractivity contribution is 5.97. The number of aromatic nitrogens is 1. The standard InChI is InChI=1S/C10H10N2O3/c1-5-3-7-8(15-12-9(7)11)4-6(5)10(13)14-2/h3-4H,1-2H3,(H2,11,12). The molecular weight excluding hydrogens is 196 g/mol. The smallest absolute Gasteiger partial charge is 0.338 e. The molecule has 0 amide bonds. The second-order valence-electron chi connectivity index (χ2n) is 3.22. The van der Waals surface area contributed by atoms with Crippen molar-refractivity contribution >= 4 is 22.8 Å². The molecule has 0 spiro atoms. The number of anilines is 1. The highest BCUT2D eigenvalue weighted by Gasteiger charge is 2.14. The molecule has 1 heterocycles. The van der Waals surface area contributed by atoms with E-state index in [2.05, 4.69) is 9.89 Å². The Kier molecular flexibility index (Phi) is 2.07. The van der Waals surface area contributed by atoms with Gasteiger partial charge in [0, 0.05) is 0 Å². The zero-order valence-corrected chi connectivity index (χ0v) is 8.40. The lowest BCUT2D eigenvalue weighted by Gasteiger charge is -2.02. The minimum Gasteiger partial charge on any atom is -0.465 e. The molecule has 0 atom stereocenters. The van der Waals surface area contributed by atoms with E-state index in [0.29, 0.717) is 22.4 Å². The van der Waals surface area contributed by atoms with E-state index in [-0.39, 0.29) is 0 Å². The average molecular weight is 206 g/mol. The first kappa shape index (κ1) is 9.51. The molecule has 0 bridgehead atoms. The van der Waals surface area contributed by atoms with Crippen molar-refractivity contribution in [1.82, 2.24) is 5.16 Å². The highest BCUT2D eigenvalue weighted by atomic mass is 16.5. The van der Waals surface area contributed by atoms with Crippen molar-refractivity contribution in [3.05, 3.63) is 23.3 Å². The number of carbonyl (C=O) groups excluding carboxylic acids is 1. The third-order valence-electron chi connectivity index (χ3n) is 2.25. The number of nitrogens with zero attached hydrogens (tertiary/aromatic N) is 1. The van der Waals surface area contributed by atoms with E-state index >= 15 is 0 Å². The van der Waals surface area contributed by atoms with Crippen LogP contribution in [0.4, 0.5) is 5.82 Å². The van der Waals surface area contributed by atoms with E-state index < -0.39 is 5.97 Å². The van der Waals surface area contributed by atoms with E-state index in [1.807, 2.05) is 0 Å². The number of esters is 1. The fourth-order valence-corrected chi connectivity index (χ4v) is 1.44. The van der Waals surface area contributed by atoms with E-state index in [9.17, 15) is 4.79 Å². The van der Waals surface area contributed by atoms with E-state index in [1.165, 1.54) is 7.11 Å². The van der Waals surface area contributed by atoms with Gasteiger partial charge >= 0.3 is 5.97 Å². The molecule has 0 radical (unpaired) electrons. The maximum Gasteiger partial charge on any atom is 0.338 e. The molecule has 5 nitrogen and oxygen atoms in total. The Morgan fingerprint density at radius 1 is 1.53 bits per heavy atom. The van der Waals surface area contributed by atoms with Gasteiger partial charge in [0.25, 0.3) is 0 Å². The van der Waals surface area contributed by atoms with Gasteiger partial charge in [0.15, 0.2) is 11.4 Å². The summed E-state index contributed by atoms with van der Waals surface area (Å²) in [5.41, 5.74) is 7.31. The number of ether oxygens (including phenoxy) is 1. The van der Waals surface area contributed by atoms with Crippen LogP contribution in [0, 0.1) is 6.92 Å². The number of fused-ring (bicyclic) bond motifs is 1. The quantitative estimate of drug-likeness (QED) is 0.715. The van der Waals surface area contributed by atoms with Crippen LogP contribution < -0.4 is 5.73 Å². The lowest BCUT2D eigenvalue weighted by molar-refractivity contribution is 0.0600. The second kappa shape index (κ2) is 3.27. The Morgan fingerprint density at radius 3 is 2.93 bits per heavy atom. The molecule has 1 aromatic carbocycles. The number of hydrogen-bond donors (Lipinski definition) is 1. The SMILES string of the molecule is COC(=O)c1cc2onc(N)c2cc1C. The number of methoxy groups -OCH3 is 1. The van der Waals surface area contributed by atoms with Crippen LogP contribution in [0.2, 0.25) is 0 Å². The summed E-state index contributed by atoms with van der Waals surface area (Å²) in [6, 6.07) is 3.34. The third-order valence-corrected chi connectivity index (χ3v) is 2.25. The van der Waals surface area contributed by atoms with Crippen LogP contribution in [-0.2, 0) is 4.74 Å². The number of nitrogens with two attached hydrogens (primary N) is 1. The maximum atomic E-state index is 11.4. The summed E-state index contributed by atoms with van der Waals surface area (Å²) in [7, 11) is 1.33. The van der Waals surface area contributed by atoms with Crippen LogP contribution in [-0.4, -0.2) is 18.2 Å². The molecule has 2 rings (SSSR count). The minimum absolute atomic E-state index is 0.324. The number of carbonyl (C=O) groups is 1. The van der Waals surface area contributed by atoms with Gasteiger partial charge in [0.1, 0.15) is 0 Å². The largest absolute Gasteiger partial charge is 0.465 e. The van der Waals surface area contributed by atoms with Gasteiger partial charge in [-0.25, -0.2) is 4.79 Å². The number of nitrogen functional groups attached to an aromatic ring is 1. The Bertz CT molecular complexity index is 531. The summed E-state index contributed by atoms with van der Waals surface area (Å²) in [6.45, 7) is 1.80. The zero-order valence-electron chi connectivity index (χ0n) is 8.40. The normalized spacial score (nSPS) is 10.5. The predicted molar refractivity (Wildman–Crippen MR) is 54.5 cm³/mol. The van der Waals surface area contributed by atoms with Crippen LogP contribution in [0.1, 0.15) is 15.9 Å². The van der Waals surface area contributed by atoms with Crippen LogP contribution in [0.3, 0.4) is 0 Å². The van der Waals surface area contributed by atoms with Crippen LogP contribution in [0.5, 0.6) is 0 Å². The van der Waals surface area contributed by atoms with Gasteiger partial charge in [-0.2, -0.15) is 0 Å². The molecule has 78 valence electrons. The number of aryl methyl sites for hydroxylation is 1. The van der Waals surface area contributed by atoms with Crippen molar-refractivity contribution in [1.29, 1.82) is 0 Å². The van der Waals surface area contributed by atoms with Gasteiger partial charge in [-0.15, -0.1) is 0 Å². The van der Waals surface area contributed by atoms with Crippen LogP contribution in [0.25, 0.3) is 11.0 Å². The van der Waals surface area contributed by atoms with Gasteiger partial charge < -0.3 is 15.0 Å². The summed E-state index contributed by atoms with van der Waals surface area (Å²) >= 11 is 0. The van der Waals surface area contributed by atoms with Crippen LogP contribution >= 0.6 is 0 Å². The van der Waals surface area contributed by atoms with E-state index in [4.69, 9.17) is 10.3 Å². The van der Waals surface area contributed by atoms with Crippen molar-refractivity contribution in [2.75, 3.05) is 12.8 Å². The molecule has 0 saturated heterocycles. The monoisotopic (exact) mass is 206 g/mol. The Hall–Kier alpha value is -2.04. The van der Waals surface area contributed by atoms with Gasteiger partial charge in [0.05, 0.1) is 18.1 Å². The topological polar surface area (TPSA) is 78.3 Å². The predicted octanol–water partition coefficient (Wildman–Crippen LogP) is 1.51. The first-order valence-electron chi connectivity index (χ1n) is 4.37. The second-order valence-corrected chi connectivity index (χ2v) is 3.22. The first-order valence-corrected chi connectivity index (χ1v) is 4.37. The maximum absolute atomic E-state index is 11.4. The number of rotatable bonds is 1. The lowest BCUT2D eigenvalue weighted by atomic mass is 10.1. The minimum atomic E-state index is -0.399. The van der Waals surface area contributed by atoms with Crippen molar-refractivity contribution in [3.63, 3.8) is 0 Å².